The fraction of sp³-hybridized carbons (Fsp3) is 0.440. The van der Waals surface area contributed by atoms with Crippen LogP contribution < -0.4 is 22.3 Å². The number of benzene rings is 1. The molecule has 2 amide bonds. The highest BCUT2D eigenvalue weighted by molar-refractivity contribution is 6.02. The number of hydrogen-bond donors (Lipinski definition) is 5. The molecule has 14 nitrogen and oxygen atoms in total. The van der Waals surface area contributed by atoms with Gasteiger partial charge in [0.2, 0.25) is 12.2 Å². The van der Waals surface area contributed by atoms with Gasteiger partial charge in [-0.3, -0.25) is 23.9 Å². The summed E-state index contributed by atoms with van der Waals surface area (Å²) in [5, 5.41) is 24.1. The lowest BCUT2D eigenvalue weighted by Crippen LogP contribution is -2.52. The Balaban J connectivity index is 1.54. The van der Waals surface area contributed by atoms with Crippen LogP contribution in [-0.2, 0) is 28.5 Å². The number of aromatic amines is 1. The van der Waals surface area contributed by atoms with E-state index in [0.717, 1.165) is 16.8 Å². The van der Waals surface area contributed by atoms with Crippen molar-refractivity contribution in [3.05, 3.63) is 74.5 Å². The lowest BCUT2D eigenvalue weighted by molar-refractivity contribution is -0.234. The summed E-state index contributed by atoms with van der Waals surface area (Å²) in [7, 11) is 1.22. The molecule has 0 aliphatic carbocycles. The maximum absolute atomic E-state index is 13.6. The van der Waals surface area contributed by atoms with E-state index in [2.05, 4.69) is 5.32 Å². The number of aliphatic hydroxyl groups excluding tert-OH is 2. The Morgan fingerprint density at radius 1 is 1.23 bits per heavy atom. The van der Waals surface area contributed by atoms with E-state index in [1.165, 1.54) is 38.3 Å². The van der Waals surface area contributed by atoms with Gasteiger partial charge in [-0.15, -0.1) is 0 Å². The smallest absolute Gasteiger partial charge is 0.330 e. The molecule has 0 spiro atoms. The molecule has 2 aliphatic heterocycles. The van der Waals surface area contributed by atoms with Gasteiger partial charge in [0.05, 0.1) is 0 Å². The van der Waals surface area contributed by atoms with Gasteiger partial charge in [0, 0.05) is 31.0 Å². The number of amides is 2. The Hall–Kier alpha value is -3.89. The molecule has 1 saturated heterocycles. The number of halogens is 1. The second kappa shape index (κ2) is 11.7. The fourth-order valence-corrected chi connectivity index (χ4v) is 4.47. The van der Waals surface area contributed by atoms with Crippen LogP contribution in [0.5, 0.6) is 0 Å². The van der Waals surface area contributed by atoms with E-state index in [0.29, 0.717) is 11.3 Å². The maximum Gasteiger partial charge on any atom is 0.330 e. The van der Waals surface area contributed by atoms with Crippen molar-refractivity contribution >= 4 is 17.5 Å². The summed E-state index contributed by atoms with van der Waals surface area (Å²) in [5.74, 6) is -3.20. The quantitative estimate of drug-likeness (QED) is 0.265. The van der Waals surface area contributed by atoms with Crippen molar-refractivity contribution in [2.24, 2.45) is 11.7 Å². The third-order valence-electron chi connectivity index (χ3n) is 6.62. The Morgan fingerprint density at radius 2 is 1.95 bits per heavy atom. The number of primary amides is 1. The Bertz CT molecular complexity index is 1420. The molecule has 6 N–H and O–H groups in total. The fourth-order valence-electron chi connectivity index (χ4n) is 4.47. The predicted molar refractivity (Wildman–Crippen MR) is 134 cm³/mol. The molecule has 40 heavy (non-hydrogen) atoms. The molecule has 1 aromatic carbocycles. The number of nitrogens with two attached hydrogens (primary N) is 1. The van der Waals surface area contributed by atoms with E-state index in [1.54, 1.807) is 6.92 Å². The minimum Gasteiger partial charge on any atom is -0.457 e. The lowest BCUT2D eigenvalue weighted by atomic mass is 10.00. The normalized spacial score (nSPS) is 28.9. The Labute approximate surface area is 226 Å². The average molecular weight is 565 g/mol. The van der Waals surface area contributed by atoms with Gasteiger partial charge in [-0.2, -0.15) is 0 Å². The van der Waals surface area contributed by atoms with Crippen LogP contribution in [0.3, 0.4) is 0 Å². The van der Waals surface area contributed by atoms with Crippen molar-refractivity contribution in [3.63, 3.8) is 0 Å². The summed E-state index contributed by atoms with van der Waals surface area (Å²) in [5.41, 5.74) is 4.61. The number of H-pyrrole nitrogens is 1. The second-order valence-electron chi connectivity index (χ2n) is 9.44. The molecule has 1 aromatic heterocycles. The Morgan fingerprint density at radius 3 is 2.58 bits per heavy atom. The number of nitrogens with one attached hydrogen (secondary N) is 2. The van der Waals surface area contributed by atoms with Gasteiger partial charge < -0.3 is 40.2 Å². The Kier molecular flexibility index (Phi) is 8.51. The molecule has 4 rings (SSSR count). The molecular formula is C25H29FN4O10. The number of aliphatic hydroxyl groups is 2. The van der Waals surface area contributed by atoms with Crippen LogP contribution >= 0.6 is 0 Å². The minimum absolute atomic E-state index is 0.249. The maximum atomic E-state index is 13.6. The number of aryl methyl sites for hydroxylation is 1. The number of carbonyl (C=O) groups excluding carboxylic acids is 2. The first-order valence-electron chi connectivity index (χ1n) is 12.2. The zero-order chi connectivity index (χ0) is 29.3. The molecule has 3 heterocycles. The van der Waals surface area contributed by atoms with Gasteiger partial charge in [-0.25, -0.2) is 9.18 Å². The van der Waals surface area contributed by atoms with Crippen LogP contribution in [0.1, 0.15) is 18.7 Å². The van der Waals surface area contributed by atoms with Crippen LogP contribution in [0.25, 0.3) is 0 Å². The lowest BCUT2D eigenvalue weighted by Gasteiger charge is -2.35. The number of methoxy groups -OCH3 is 1. The van der Waals surface area contributed by atoms with Gasteiger partial charge in [0.25, 0.3) is 11.5 Å². The first kappa shape index (κ1) is 29.1. The van der Waals surface area contributed by atoms with Gasteiger partial charge >= 0.3 is 5.69 Å². The van der Waals surface area contributed by atoms with Crippen LogP contribution in [-0.4, -0.2) is 75.5 Å². The number of rotatable bonds is 8. The highest BCUT2D eigenvalue weighted by atomic mass is 19.1. The van der Waals surface area contributed by atoms with Crippen molar-refractivity contribution in [2.45, 2.75) is 56.9 Å². The SMILES string of the molecule is CO[C@H]1[C@@H](O)[C@H](n2ccc(=O)[nH]c2=O)O[C@@H]1[C@@H](O[C@H]1OC(C(=O)Nc2ccc(F)c(C)c2)=C[C@H](C)[C@@H]1O)C(N)=O. The molecule has 15 heteroatoms. The van der Waals surface area contributed by atoms with Gasteiger partial charge in [-0.1, -0.05) is 6.92 Å². The van der Waals surface area contributed by atoms with Crippen molar-refractivity contribution in [3.8, 4) is 0 Å². The molecule has 0 radical (unpaired) electrons. The van der Waals surface area contributed by atoms with E-state index < -0.39 is 77.8 Å². The van der Waals surface area contributed by atoms with E-state index in [9.17, 15) is 33.8 Å². The van der Waals surface area contributed by atoms with E-state index in [1.807, 2.05) is 4.98 Å². The largest absolute Gasteiger partial charge is 0.457 e. The number of nitrogens with zero attached hydrogens (tertiary/aromatic N) is 1. The van der Waals surface area contributed by atoms with E-state index >= 15 is 0 Å². The van der Waals surface area contributed by atoms with Crippen LogP contribution in [0.2, 0.25) is 0 Å². The van der Waals surface area contributed by atoms with Crippen LogP contribution in [0.4, 0.5) is 10.1 Å². The first-order valence-corrected chi connectivity index (χ1v) is 12.2. The van der Waals surface area contributed by atoms with E-state index in [4.69, 9.17) is 24.7 Å². The van der Waals surface area contributed by atoms with Crippen molar-refractivity contribution in [2.75, 3.05) is 12.4 Å². The number of hydrogen-bond acceptors (Lipinski definition) is 10. The van der Waals surface area contributed by atoms with Gasteiger partial charge in [0.15, 0.2) is 18.1 Å². The van der Waals surface area contributed by atoms with Crippen LogP contribution in [0, 0.1) is 18.7 Å². The molecule has 1 fully saturated rings. The molecule has 0 unspecified atom stereocenters. The minimum atomic E-state index is -1.70. The summed E-state index contributed by atoms with van der Waals surface area (Å²) >= 11 is 0. The standard InChI is InChI=1S/C25H29FN4O10/c1-10-8-12(4-5-13(10)26)28-22(35)14-9-11(2)16(32)24(38-14)40-20(21(27)34)19-18(37-3)17(33)23(39-19)30-7-6-15(31)29-25(30)36/h4-9,11,16-20,23-24,32-33H,1-3H3,(H2,27,34)(H,28,35)(H,29,31,36)/t11-,16-,17+,18-,19-,20+,23+,24+/m0/s1. The van der Waals surface area contributed by atoms with E-state index in [-0.39, 0.29) is 5.76 Å². The number of aromatic nitrogens is 2. The third-order valence-corrected chi connectivity index (χ3v) is 6.62. The second-order valence-corrected chi connectivity index (χ2v) is 9.44. The number of anilines is 1. The van der Waals surface area contributed by atoms with Crippen LogP contribution in [0.15, 0.2) is 51.9 Å². The zero-order valence-corrected chi connectivity index (χ0v) is 21.6. The predicted octanol–water partition coefficient (Wildman–Crippen LogP) is -0.996. The van der Waals surface area contributed by atoms with Gasteiger partial charge in [0.1, 0.15) is 30.2 Å². The highest BCUT2D eigenvalue weighted by Crippen LogP contribution is 2.34. The molecule has 2 aromatic rings. The summed E-state index contributed by atoms with van der Waals surface area (Å²) in [6.07, 6.45) is -7.78. The third kappa shape index (κ3) is 5.83. The van der Waals surface area contributed by atoms with Crippen molar-refractivity contribution in [1.82, 2.24) is 9.55 Å². The molecule has 216 valence electrons. The summed E-state index contributed by atoms with van der Waals surface area (Å²) in [6, 6.07) is 5.00. The number of carbonyl (C=O) groups is 2. The zero-order valence-electron chi connectivity index (χ0n) is 21.6. The monoisotopic (exact) mass is 564 g/mol. The first-order chi connectivity index (χ1) is 18.9. The molecule has 2 aliphatic rings. The summed E-state index contributed by atoms with van der Waals surface area (Å²) in [6.45, 7) is 3.10. The van der Waals surface area contributed by atoms with Crippen molar-refractivity contribution in [1.29, 1.82) is 0 Å². The molecule has 0 saturated carbocycles. The van der Waals surface area contributed by atoms with Gasteiger partial charge in [-0.05, 0) is 36.8 Å². The summed E-state index contributed by atoms with van der Waals surface area (Å²) in [4.78, 5) is 51.1. The molecule has 0 bridgehead atoms. The molecule has 8 atom stereocenters. The van der Waals surface area contributed by atoms with Crippen molar-refractivity contribution < 1.29 is 43.1 Å². The summed E-state index contributed by atoms with van der Waals surface area (Å²) < 4.78 is 36.9. The highest BCUT2D eigenvalue weighted by Gasteiger charge is 2.52. The molecular weight excluding hydrogens is 535 g/mol. The number of ether oxygens (including phenoxy) is 4. The topological polar surface area (TPSA) is 204 Å². The average Bonchev–Trinajstić information content (AvgIpc) is 3.22.